The van der Waals surface area contributed by atoms with Crippen molar-refractivity contribution in [2.45, 2.75) is 31.7 Å². The second-order valence-electron chi connectivity index (χ2n) is 5.36. The summed E-state index contributed by atoms with van der Waals surface area (Å²) in [7, 11) is 1.98. The summed E-state index contributed by atoms with van der Waals surface area (Å²) in [4.78, 5) is 0. The molecule has 1 aliphatic carbocycles. The molecule has 0 radical (unpaired) electrons. The van der Waals surface area contributed by atoms with Crippen molar-refractivity contribution >= 4 is 0 Å². The summed E-state index contributed by atoms with van der Waals surface area (Å²) in [6.07, 6.45) is 4.38. The van der Waals surface area contributed by atoms with Crippen LogP contribution in [0.4, 0.5) is 0 Å². The van der Waals surface area contributed by atoms with Crippen molar-refractivity contribution in [1.82, 2.24) is 15.1 Å². The molecule has 0 saturated heterocycles. The molecule has 0 bridgehead atoms. The Morgan fingerprint density at radius 1 is 1.37 bits per heavy atom. The van der Waals surface area contributed by atoms with E-state index in [9.17, 15) is 0 Å². The number of hydrogen-bond acceptors (Lipinski definition) is 2. The summed E-state index contributed by atoms with van der Waals surface area (Å²) >= 11 is 0. The maximum Gasteiger partial charge on any atom is 0.0794 e. The van der Waals surface area contributed by atoms with Crippen molar-refractivity contribution in [3.8, 4) is 0 Å². The first-order valence-electron chi connectivity index (χ1n) is 7.08. The number of rotatable bonds is 5. The first-order chi connectivity index (χ1) is 9.28. The van der Waals surface area contributed by atoms with Crippen molar-refractivity contribution < 1.29 is 0 Å². The van der Waals surface area contributed by atoms with E-state index in [1.165, 1.54) is 17.5 Å². The Hall–Kier alpha value is -1.61. The van der Waals surface area contributed by atoms with Crippen LogP contribution in [0.3, 0.4) is 0 Å². The monoisotopic (exact) mass is 255 g/mol. The van der Waals surface area contributed by atoms with Gasteiger partial charge < -0.3 is 5.32 Å². The van der Waals surface area contributed by atoms with E-state index in [0.717, 1.165) is 18.7 Å². The van der Waals surface area contributed by atoms with Crippen molar-refractivity contribution in [2.24, 2.45) is 7.05 Å². The van der Waals surface area contributed by atoms with Gasteiger partial charge in [0.2, 0.25) is 0 Å². The highest BCUT2D eigenvalue weighted by Gasteiger charge is 2.28. The van der Waals surface area contributed by atoms with Gasteiger partial charge in [0.15, 0.2) is 0 Å². The maximum absolute atomic E-state index is 4.55. The van der Waals surface area contributed by atoms with Gasteiger partial charge in [0.05, 0.1) is 11.7 Å². The minimum atomic E-state index is 0.365. The Labute approximate surface area is 114 Å². The summed E-state index contributed by atoms with van der Waals surface area (Å²) in [5.74, 6) is 0.683. The van der Waals surface area contributed by atoms with Gasteiger partial charge in [-0.2, -0.15) is 5.10 Å². The third-order valence-electron chi connectivity index (χ3n) is 4.02. The second-order valence-corrected chi connectivity index (χ2v) is 5.36. The zero-order valence-corrected chi connectivity index (χ0v) is 11.6. The zero-order chi connectivity index (χ0) is 13.2. The third kappa shape index (κ3) is 2.43. The van der Waals surface area contributed by atoms with E-state index in [1.54, 1.807) is 0 Å². The first kappa shape index (κ1) is 12.4. The van der Waals surface area contributed by atoms with Crippen molar-refractivity contribution in [3.63, 3.8) is 0 Å². The summed E-state index contributed by atoms with van der Waals surface area (Å²) in [5, 5.41) is 8.12. The van der Waals surface area contributed by atoms with Crippen LogP contribution < -0.4 is 5.32 Å². The van der Waals surface area contributed by atoms with E-state index in [1.807, 2.05) is 17.9 Å². The minimum Gasteiger partial charge on any atom is -0.309 e. The van der Waals surface area contributed by atoms with E-state index >= 15 is 0 Å². The highest BCUT2D eigenvalue weighted by molar-refractivity contribution is 5.40. The number of hydrogen-bond donors (Lipinski definition) is 1. The highest BCUT2D eigenvalue weighted by Crippen LogP contribution is 2.40. The molecule has 2 atom stereocenters. The molecule has 0 spiro atoms. The summed E-state index contributed by atoms with van der Waals surface area (Å²) in [5.41, 5.74) is 4.21. The molecule has 3 nitrogen and oxygen atoms in total. The largest absolute Gasteiger partial charge is 0.309 e. The van der Waals surface area contributed by atoms with Gasteiger partial charge in [0.1, 0.15) is 0 Å². The van der Waals surface area contributed by atoms with E-state index in [-0.39, 0.29) is 0 Å². The minimum absolute atomic E-state index is 0.365. The molecule has 1 heterocycles. The fourth-order valence-corrected chi connectivity index (χ4v) is 3.03. The number of aryl methyl sites for hydroxylation is 1. The average molecular weight is 255 g/mol. The Morgan fingerprint density at radius 3 is 2.89 bits per heavy atom. The molecule has 1 aromatic carbocycles. The molecule has 0 amide bonds. The van der Waals surface area contributed by atoms with Gasteiger partial charge in [-0.15, -0.1) is 0 Å². The molecule has 1 N–H and O–H groups in total. The number of fused-ring (bicyclic) bond motifs is 1. The molecule has 1 aliphatic rings. The summed E-state index contributed by atoms with van der Waals surface area (Å²) in [6, 6.07) is 11.3. The fourth-order valence-electron chi connectivity index (χ4n) is 3.03. The molecule has 3 rings (SSSR count). The molecular weight excluding hydrogens is 234 g/mol. The predicted molar refractivity (Wildman–Crippen MR) is 77.1 cm³/mol. The van der Waals surface area contributed by atoms with Crippen LogP contribution in [0.15, 0.2) is 36.5 Å². The van der Waals surface area contributed by atoms with E-state index < -0.39 is 0 Å². The SMILES string of the molecule is CCNC(CC1Cc2ccccc21)c1ccn(C)n1. The molecule has 100 valence electrons. The van der Waals surface area contributed by atoms with Gasteiger partial charge in [-0.3, -0.25) is 4.68 Å². The molecular formula is C16H21N3. The van der Waals surface area contributed by atoms with Gasteiger partial charge in [-0.25, -0.2) is 0 Å². The average Bonchev–Trinajstić information content (AvgIpc) is 2.81. The van der Waals surface area contributed by atoms with E-state index in [4.69, 9.17) is 0 Å². The van der Waals surface area contributed by atoms with Gasteiger partial charge >= 0.3 is 0 Å². The van der Waals surface area contributed by atoms with Crippen LogP contribution in [-0.2, 0) is 13.5 Å². The van der Waals surface area contributed by atoms with Gasteiger partial charge in [-0.1, -0.05) is 31.2 Å². The highest BCUT2D eigenvalue weighted by atomic mass is 15.3. The van der Waals surface area contributed by atoms with Crippen LogP contribution in [0, 0.1) is 0 Å². The Morgan fingerprint density at radius 2 is 2.21 bits per heavy atom. The Bertz CT molecular complexity index is 559. The van der Waals surface area contributed by atoms with Gasteiger partial charge in [0.25, 0.3) is 0 Å². The fraction of sp³-hybridized carbons (Fsp3) is 0.438. The maximum atomic E-state index is 4.55. The predicted octanol–water partition coefficient (Wildman–Crippen LogP) is 2.80. The number of nitrogens with one attached hydrogen (secondary N) is 1. The molecule has 1 aromatic heterocycles. The quantitative estimate of drug-likeness (QED) is 0.890. The lowest BCUT2D eigenvalue weighted by Gasteiger charge is -2.32. The Kier molecular flexibility index (Phi) is 3.38. The molecule has 19 heavy (non-hydrogen) atoms. The molecule has 2 unspecified atom stereocenters. The van der Waals surface area contributed by atoms with Crippen LogP contribution >= 0.6 is 0 Å². The van der Waals surface area contributed by atoms with E-state index in [2.05, 4.69) is 47.7 Å². The first-order valence-corrected chi connectivity index (χ1v) is 7.08. The van der Waals surface area contributed by atoms with Crippen molar-refractivity contribution in [2.75, 3.05) is 6.54 Å². The lowest BCUT2D eigenvalue weighted by atomic mass is 9.74. The van der Waals surface area contributed by atoms with Gasteiger partial charge in [0, 0.05) is 13.2 Å². The summed E-state index contributed by atoms with van der Waals surface area (Å²) in [6.45, 7) is 3.14. The number of benzene rings is 1. The van der Waals surface area contributed by atoms with Crippen LogP contribution in [0.5, 0.6) is 0 Å². The molecule has 3 heteroatoms. The topological polar surface area (TPSA) is 29.9 Å². The van der Waals surface area contributed by atoms with Crippen molar-refractivity contribution in [3.05, 3.63) is 53.3 Å². The van der Waals surface area contributed by atoms with Gasteiger partial charge in [-0.05, 0) is 42.5 Å². The molecule has 0 aliphatic heterocycles. The lowest BCUT2D eigenvalue weighted by Crippen LogP contribution is -2.27. The standard InChI is InChI=1S/C16H21N3/c1-3-17-16(15-8-9-19(2)18-15)11-13-10-12-6-4-5-7-14(12)13/h4-9,13,16-17H,3,10-11H2,1-2H3. The normalized spacial score (nSPS) is 18.7. The van der Waals surface area contributed by atoms with Crippen LogP contribution in [0.2, 0.25) is 0 Å². The van der Waals surface area contributed by atoms with Crippen molar-refractivity contribution in [1.29, 1.82) is 0 Å². The Balaban J connectivity index is 1.73. The zero-order valence-electron chi connectivity index (χ0n) is 11.6. The van der Waals surface area contributed by atoms with Crippen LogP contribution in [0.1, 0.15) is 42.1 Å². The third-order valence-corrected chi connectivity index (χ3v) is 4.02. The van der Waals surface area contributed by atoms with Crippen LogP contribution in [0.25, 0.3) is 0 Å². The number of nitrogens with zero attached hydrogens (tertiary/aromatic N) is 2. The number of aromatic nitrogens is 2. The van der Waals surface area contributed by atoms with Crippen LogP contribution in [-0.4, -0.2) is 16.3 Å². The van der Waals surface area contributed by atoms with E-state index in [0.29, 0.717) is 12.0 Å². The smallest absolute Gasteiger partial charge is 0.0794 e. The lowest BCUT2D eigenvalue weighted by molar-refractivity contribution is 0.426. The summed E-state index contributed by atoms with van der Waals surface area (Å²) < 4.78 is 1.88. The molecule has 2 aromatic rings. The molecule has 0 saturated carbocycles. The molecule has 0 fully saturated rings. The second kappa shape index (κ2) is 5.17.